The largest absolute Gasteiger partial charge is 0.471 e. The Kier molecular flexibility index (Phi) is 6.00. The molecule has 0 saturated carbocycles. The van der Waals surface area contributed by atoms with E-state index in [0.717, 1.165) is 11.1 Å². The first-order chi connectivity index (χ1) is 13.1. The highest BCUT2D eigenvalue weighted by Gasteiger charge is 2.13. The molecule has 3 aromatic rings. The van der Waals surface area contributed by atoms with Gasteiger partial charge in [-0.1, -0.05) is 28.9 Å². The zero-order valence-corrected chi connectivity index (χ0v) is 15.2. The normalized spacial score (nSPS) is 11.8. The van der Waals surface area contributed by atoms with Gasteiger partial charge in [-0.15, -0.1) is 0 Å². The van der Waals surface area contributed by atoms with Crippen molar-refractivity contribution in [1.29, 1.82) is 0 Å². The zero-order valence-electron chi connectivity index (χ0n) is 14.4. The van der Waals surface area contributed by atoms with Gasteiger partial charge in [-0.25, -0.2) is 9.97 Å². The van der Waals surface area contributed by atoms with Gasteiger partial charge in [-0.3, -0.25) is 4.79 Å². The summed E-state index contributed by atoms with van der Waals surface area (Å²) in [5.74, 6) is -0.162. The second kappa shape index (κ2) is 8.61. The number of ether oxygens (including phenoxy) is 1. The van der Waals surface area contributed by atoms with Crippen LogP contribution in [0.3, 0.4) is 0 Å². The number of nitrogens with one attached hydrogen (secondary N) is 1. The molecule has 1 aromatic carbocycles. The number of carbonyl (C=O) groups is 1. The van der Waals surface area contributed by atoms with E-state index in [4.69, 9.17) is 26.0 Å². The SMILES string of the molecule is C[C@H](CO)NC(=O)c1cnc(OCc2conc2-c2ccc(Cl)cc2)cn1. The highest BCUT2D eigenvalue weighted by molar-refractivity contribution is 6.30. The number of hydrogen-bond acceptors (Lipinski definition) is 7. The summed E-state index contributed by atoms with van der Waals surface area (Å²) < 4.78 is 10.6. The first kappa shape index (κ1) is 18.8. The minimum absolute atomic E-state index is 0.134. The third kappa shape index (κ3) is 4.81. The smallest absolute Gasteiger partial charge is 0.271 e. The fourth-order valence-corrected chi connectivity index (χ4v) is 2.33. The Morgan fingerprint density at radius 3 is 2.74 bits per heavy atom. The number of hydrogen-bond donors (Lipinski definition) is 2. The number of rotatable bonds is 7. The van der Waals surface area contributed by atoms with Crippen LogP contribution in [0, 0.1) is 0 Å². The molecular formula is C18H17ClN4O4. The van der Waals surface area contributed by atoms with Gasteiger partial charge in [0.1, 0.15) is 24.3 Å². The van der Waals surface area contributed by atoms with E-state index in [1.54, 1.807) is 19.1 Å². The molecule has 1 atom stereocenters. The Balaban J connectivity index is 1.63. The van der Waals surface area contributed by atoms with Crippen molar-refractivity contribution >= 4 is 17.5 Å². The van der Waals surface area contributed by atoms with Crippen molar-refractivity contribution in [2.24, 2.45) is 0 Å². The third-order valence-electron chi connectivity index (χ3n) is 3.65. The molecule has 0 bridgehead atoms. The fraction of sp³-hybridized carbons (Fsp3) is 0.222. The number of benzene rings is 1. The van der Waals surface area contributed by atoms with Gasteiger partial charge >= 0.3 is 0 Å². The highest BCUT2D eigenvalue weighted by Crippen LogP contribution is 2.24. The maximum atomic E-state index is 11.9. The topological polar surface area (TPSA) is 110 Å². The van der Waals surface area contributed by atoms with Crippen LogP contribution in [0.4, 0.5) is 0 Å². The minimum atomic E-state index is -0.417. The predicted octanol–water partition coefficient (Wildman–Crippen LogP) is 2.47. The number of aliphatic hydroxyl groups excluding tert-OH is 1. The highest BCUT2D eigenvalue weighted by atomic mass is 35.5. The van der Waals surface area contributed by atoms with Gasteiger partial charge in [0.25, 0.3) is 5.91 Å². The van der Waals surface area contributed by atoms with Gasteiger partial charge in [0.15, 0.2) is 0 Å². The van der Waals surface area contributed by atoms with Crippen LogP contribution < -0.4 is 10.1 Å². The first-order valence-corrected chi connectivity index (χ1v) is 8.50. The molecule has 0 aliphatic carbocycles. The fourth-order valence-electron chi connectivity index (χ4n) is 2.21. The van der Waals surface area contributed by atoms with Gasteiger partial charge in [-0.05, 0) is 19.1 Å². The van der Waals surface area contributed by atoms with Crippen molar-refractivity contribution in [3.8, 4) is 17.1 Å². The summed E-state index contributed by atoms with van der Waals surface area (Å²) in [6, 6.07) is 6.84. The average Bonchev–Trinajstić information content (AvgIpc) is 3.15. The van der Waals surface area contributed by atoms with Crippen molar-refractivity contribution in [2.75, 3.05) is 6.61 Å². The summed E-state index contributed by atoms with van der Waals surface area (Å²) in [4.78, 5) is 20.0. The van der Waals surface area contributed by atoms with Gasteiger partial charge in [-0.2, -0.15) is 0 Å². The van der Waals surface area contributed by atoms with Crippen LogP contribution in [-0.2, 0) is 6.61 Å². The summed E-state index contributed by atoms with van der Waals surface area (Å²) in [5.41, 5.74) is 2.36. The van der Waals surface area contributed by atoms with Crippen LogP contribution in [0.5, 0.6) is 5.88 Å². The van der Waals surface area contributed by atoms with E-state index in [2.05, 4.69) is 20.4 Å². The minimum Gasteiger partial charge on any atom is -0.471 e. The van der Waals surface area contributed by atoms with Crippen molar-refractivity contribution < 1.29 is 19.2 Å². The summed E-state index contributed by atoms with van der Waals surface area (Å²) in [6.07, 6.45) is 4.16. The summed E-state index contributed by atoms with van der Waals surface area (Å²) in [5, 5.41) is 16.2. The predicted molar refractivity (Wildman–Crippen MR) is 97.3 cm³/mol. The standard InChI is InChI=1S/C18H17ClN4O4/c1-11(8-24)22-18(25)15-6-21-16(7-20-15)26-9-13-10-27-23-17(13)12-2-4-14(19)5-3-12/h2-7,10-11,24H,8-9H2,1H3,(H,22,25)/t11-/m1/s1. The maximum Gasteiger partial charge on any atom is 0.271 e. The molecule has 0 unspecified atom stereocenters. The summed E-state index contributed by atoms with van der Waals surface area (Å²) in [7, 11) is 0. The van der Waals surface area contributed by atoms with Gasteiger partial charge in [0, 0.05) is 16.6 Å². The second-order valence-electron chi connectivity index (χ2n) is 5.78. The van der Waals surface area contributed by atoms with Gasteiger partial charge in [0.05, 0.1) is 24.6 Å². The van der Waals surface area contributed by atoms with Crippen LogP contribution in [0.15, 0.2) is 47.4 Å². The van der Waals surface area contributed by atoms with E-state index in [9.17, 15) is 4.79 Å². The molecule has 0 saturated heterocycles. The number of nitrogens with zero attached hydrogens (tertiary/aromatic N) is 3. The van der Waals surface area contributed by atoms with Crippen LogP contribution in [0.1, 0.15) is 23.0 Å². The Bertz CT molecular complexity index is 896. The molecule has 0 radical (unpaired) electrons. The lowest BCUT2D eigenvalue weighted by Gasteiger charge is -2.10. The molecule has 0 spiro atoms. The third-order valence-corrected chi connectivity index (χ3v) is 3.90. The molecule has 27 heavy (non-hydrogen) atoms. The lowest BCUT2D eigenvalue weighted by molar-refractivity contribution is 0.0916. The molecule has 2 N–H and O–H groups in total. The Hall–Kier alpha value is -2.97. The molecule has 8 nitrogen and oxygen atoms in total. The van der Waals surface area contributed by atoms with E-state index in [1.807, 2.05) is 12.1 Å². The molecule has 2 aromatic heterocycles. The lowest BCUT2D eigenvalue weighted by atomic mass is 10.1. The number of amides is 1. The van der Waals surface area contributed by atoms with Crippen molar-refractivity contribution in [3.63, 3.8) is 0 Å². The van der Waals surface area contributed by atoms with E-state index >= 15 is 0 Å². The Morgan fingerprint density at radius 1 is 1.30 bits per heavy atom. The maximum absolute atomic E-state index is 11.9. The van der Waals surface area contributed by atoms with Crippen LogP contribution in [-0.4, -0.2) is 38.8 Å². The molecule has 3 rings (SSSR count). The molecule has 0 aliphatic heterocycles. The van der Waals surface area contributed by atoms with Crippen LogP contribution in [0.2, 0.25) is 5.02 Å². The van der Waals surface area contributed by atoms with E-state index in [0.29, 0.717) is 10.7 Å². The van der Waals surface area contributed by atoms with E-state index in [1.165, 1.54) is 18.7 Å². The van der Waals surface area contributed by atoms with Gasteiger partial charge < -0.3 is 19.7 Å². The second-order valence-corrected chi connectivity index (χ2v) is 6.22. The van der Waals surface area contributed by atoms with Crippen molar-refractivity contribution in [1.82, 2.24) is 20.4 Å². The molecule has 1 amide bonds. The van der Waals surface area contributed by atoms with E-state index < -0.39 is 5.91 Å². The molecule has 2 heterocycles. The molecule has 140 valence electrons. The summed E-state index contributed by atoms with van der Waals surface area (Å²) >= 11 is 5.90. The number of aliphatic hydroxyl groups is 1. The zero-order chi connectivity index (χ0) is 19.2. The van der Waals surface area contributed by atoms with Crippen molar-refractivity contribution in [3.05, 3.63) is 59.2 Å². The van der Waals surface area contributed by atoms with E-state index in [-0.39, 0.29) is 30.8 Å². The first-order valence-electron chi connectivity index (χ1n) is 8.12. The quantitative estimate of drug-likeness (QED) is 0.639. The number of aromatic nitrogens is 3. The monoisotopic (exact) mass is 388 g/mol. The molecule has 9 heteroatoms. The Labute approximate surface area is 160 Å². The lowest BCUT2D eigenvalue weighted by Crippen LogP contribution is -2.35. The molecule has 0 fully saturated rings. The van der Waals surface area contributed by atoms with Crippen molar-refractivity contribution in [2.45, 2.75) is 19.6 Å². The summed E-state index contributed by atoms with van der Waals surface area (Å²) in [6.45, 7) is 1.69. The van der Waals surface area contributed by atoms with Crippen LogP contribution >= 0.6 is 11.6 Å². The molecule has 0 aliphatic rings. The Morgan fingerprint density at radius 2 is 2.07 bits per heavy atom. The average molecular weight is 389 g/mol. The molecular weight excluding hydrogens is 372 g/mol. The van der Waals surface area contributed by atoms with Crippen LogP contribution in [0.25, 0.3) is 11.3 Å². The number of halogens is 1. The van der Waals surface area contributed by atoms with Gasteiger partial charge in [0.2, 0.25) is 5.88 Å². The number of carbonyl (C=O) groups excluding carboxylic acids is 1.